The maximum Gasteiger partial charge on any atom is 0.237 e. The first-order chi connectivity index (χ1) is 8.18. The molecule has 0 saturated carbocycles. The van der Waals surface area contributed by atoms with Gasteiger partial charge >= 0.3 is 0 Å². The average molecular weight is 239 g/mol. The normalized spacial score (nSPS) is 26.8. The molecule has 5 nitrogen and oxygen atoms in total. The van der Waals surface area contributed by atoms with E-state index in [9.17, 15) is 9.59 Å². The van der Waals surface area contributed by atoms with Crippen LogP contribution >= 0.6 is 0 Å². The van der Waals surface area contributed by atoms with Gasteiger partial charge < -0.3 is 10.2 Å². The number of piperidine rings is 1. The summed E-state index contributed by atoms with van der Waals surface area (Å²) in [6.45, 7) is 5.43. The molecular weight excluding hydrogens is 218 g/mol. The Bertz CT molecular complexity index is 300. The molecular formula is C12H21N3O2. The highest BCUT2D eigenvalue weighted by atomic mass is 16.2. The van der Waals surface area contributed by atoms with Gasteiger partial charge in [0.1, 0.15) is 0 Å². The average Bonchev–Trinajstić information content (AvgIpc) is 2.36. The number of carbonyl (C=O) groups excluding carboxylic acids is 2. The molecule has 0 bridgehead atoms. The molecule has 0 aromatic heterocycles. The lowest BCUT2D eigenvalue weighted by Gasteiger charge is -2.34. The predicted molar refractivity (Wildman–Crippen MR) is 64.5 cm³/mol. The highest BCUT2D eigenvalue weighted by Crippen LogP contribution is 2.10. The summed E-state index contributed by atoms with van der Waals surface area (Å²) in [6, 6.07) is -0.183. The topological polar surface area (TPSA) is 52.7 Å². The number of hydrogen-bond acceptors (Lipinski definition) is 3. The standard InChI is InChI=1S/C12H21N3O2/c1-10-12(17)13-5-8-15(10)9-11(16)14-6-3-2-4-7-14/h10H,2-9H2,1H3,(H,13,17)/t10-/m0/s1. The van der Waals surface area contributed by atoms with Crippen LogP contribution in [-0.4, -0.2) is 60.4 Å². The fourth-order valence-corrected chi connectivity index (χ4v) is 2.46. The van der Waals surface area contributed by atoms with Gasteiger partial charge in [-0.1, -0.05) is 0 Å². The fourth-order valence-electron chi connectivity index (χ4n) is 2.46. The zero-order valence-corrected chi connectivity index (χ0v) is 10.4. The van der Waals surface area contributed by atoms with Crippen LogP contribution < -0.4 is 5.32 Å². The Balaban J connectivity index is 1.86. The van der Waals surface area contributed by atoms with E-state index in [1.165, 1.54) is 6.42 Å². The molecule has 5 heteroatoms. The highest BCUT2D eigenvalue weighted by Gasteiger charge is 2.28. The Morgan fingerprint density at radius 3 is 2.71 bits per heavy atom. The summed E-state index contributed by atoms with van der Waals surface area (Å²) in [5, 5.41) is 2.81. The van der Waals surface area contributed by atoms with Crippen LogP contribution in [0.4, 0.5) is 0 Å². The van der Waals surface area contributed by atoms with Gasteiger partial charge in [0, 0.05) is 26.2 Å². The monoisotopic (exact) mass is 239 g/mol. The third-order valence-corrected chi connectivity index (χ3v) is 3.67. The third kappa shape index (κ3) is 2.97. The van der Waals surface area contributed by atoms with E-state index in [-0.39, 0.29) is 17.9 Å². The smallest absolute Gasteiger partial charge is 0.237 e. The Hall–Kier alpha value is -1.10. The Morgan fingerprint density at radius 2 is 2.00 bits per heavy atom. The van der Waals surface area contributed by atoms with Crippen molar-refractivity contribution in [3.63, 3.8) is 0 Å². The number of carbonyl (C=O) groups is 2. The first kappa shape index (κ1) is 12.4. The second-order valence-corrected chi connectivity index (χ2v) is 4.88. The molecule has 2 aliphatic rings. The molecule has 0 aromatic rings. The van der Waals surface area contributed by atoms with E-state index >= 15 is 0 Å². The first-order valence-corrected chi connectivity index (χ1v) is 6.48. The zero-order valence-electron chi connectivity index (χ0n) is 10.4. The second kappa shape index (κ2) is 5.49. The molecule has 0 aromatic carbocycles. The van der Waals surface area contributed by atoms with Gasteiger partial charge in [0.15, 0.2) is 0 Å². The van der Waals surface area contributed by atoms with Gasteiger partial charge in [-0.15, -0.1) is 0 Å². The molecule has 2 aliphatic heterocycles. The van der Waals surface area contributed by atoms with Crippen molar-refractivity contribution in [3.8, 4) is 0 Å². The lowest BCUT2D eigenvalue weighted by atomic mass is 10.1. The van der Waals surface area contributed by atoms with Crippen molar-refractivity contribution in [1.29, 1.82) is 0 Å². The maximum absolute atomic E-state index is 12.1. The summed E-state index contributed by atoms with van der Waals surface area (Å²) in [5.41, 5.74) is 0. The number of hydrogen-bond donors (Lipinski definition) is 1. The van der Waals surface area contributed by atoms with E-state index < -0.39 is 0 Å². The summed E-state index contributed by atoms with van der Waals surface area (Å²) in [4.78, 5) is 27.5. The molecule has 2 saturated heterocycles. The highest BCUT2D eigenvalue weighted by molar-refractivity contribution is 5.84. The maximum atomic E-state index is 12.1. The molecule has 17 heavy (non-hydrogen) atoms. The van der Waals surface area contributed by atoms with Crippen molar-refractivity contribution in [1.82, 2.24) is 15.1 Å². The van der Waals surface area contributed by atoms with Gasteiger partial charge in [-0.25, -0.2) is 0 Å². The summed E-state index contributed by atoms with van der Waals surface area (Å²) in [5.74, 6) is 0.203. The summed E-state index contributed by atoms with van der Waals surface area (Å²) in [6.07, 6.45) is 3.45. The van der Waals surface area contributed by atoms with Crippen LogP contribution in [0.25, 0.3) is 0 Å². The van der Waals surface area contributed by atoms with Gasteiger partial charge in [-0.05, 0) is 26.2 Å². The minimum absolute atomic E-state index is 0.0303. The van der Waals surface area contributed by atoms with Crippen LogP contribution in [0.2, 0.25) is 0 Å². The van der Waals surface area contributed by atoms with Crippen LogP contribution in [0, 0.1) is 0 Å². The molecule has 1 atom stereocenters. The molecule has 0 radical (unpaired) electrons. The fraction of sp³-hybridized carbons (Fsp3) is 0.833. The number of likely N-dealkylation sites (tertiary alicyclic amines) is 1. The van der Waals surface area contributed by atoms with Crippen LogP contribution in [0.3, 0.4) is 0 Å². The quantitative estimate of drug-likeness (QED) is 0.727. The van der Waals surface area contributed by atoms with Crippen molar-refractivity contribution in [2.45, 2.75) is 32.2 Å². The van der Waals surface area contributed by atoms with Gasteiger partial charge in [0.25, 0.3) is 0 Å². The SMILES string of the molecule is C[C@H]1C(=O)NCCN1CC(=O)N1CCCCC1. The summed E-state index contributed by atoms with van der Waals surface area (Å²) < 4.78 is 0. The van der Waals surface area contributed by atoms with Gasteiger partial charge in [0.05, 0.1) is 12.6 Å². The van der Waals surface area contributed by atoms with E-state index in [0.717, 1.165) is 32.5 Å². The molecule has 2 fully saturated rings. The van der Waals surface area contributed by atoms with Crippen LogP contribution in [0.1, 0.15) is 26.2 Å². The minimum Gasteiger partial charge on any atom is -0.353 e. The van der Waals surface area contributed by atoms with Crippen molar-refractivity contribution in [3.05, 3.63) is 0 Å². The molecule has 0 aliphatic carbocycles. The predicted octanol–water partition coefficient (Wildman–Crippen LogP) is -0.181. The van der Waals surface area contributed by atoms with Crippen molar-refractivity contribution in [2.75, 3.05) is 32.7 Å². The second-order valence-electron chi connectivity index (χ2n) is 4.88. The van der Waals surface area contributed by atoms with E-state index in [4.69, 9.17) is 0 Å². The Morgan fingerprint density at radius 1 is 1.29 bits per heavy atom. The molecule has 0 spiro atoms. The number of rotatable bonds is 2. The van der Waals surface area contributed by atoms with Crippen molar-refractivity contribution in [2.24, 2.45) is 0 Å². The van der Waals surface area contributed by atoms with E-state index in [2.05, 4.69) is 5.32 Å². The van der Waals surface area contributed by atoms with Crippen LogP contribution in [0.15, 0.2) is 0 Å². The summed E-state index contributed by atoms with van der Waals surface area (Å²) >= 11 is 0. The molecule has 1 N–H and O–H groups in total. The lowest BCUT2D eigenvalue weighted by molar-refractivity contribution is -0.136. The molecule has 96 valence electrons. The number of amides is 2. The van der Waals surface area contributed by atoms with Crippen molar-refractivity contribution >= 4 is 11.8 Å². The molecule has 2 rings (SSSR count). The van der Waals surface area contributed by atoms with Gasteiger partial charge in [-0.2, -0.15) is 0 Å². The van der Waals surface area contributed by atoms with Gasteiger partial charge in [0.2, 0.25) is 11.8 Å². The Kier molecular flexibility index (Phi) is 3.99. The van der Waals surface area contributed by atoms with E-state index in [1.807, 2.05) is 16.7 Å². The first-order valence-electron chi connectivity index (χ1n) is 6.48. The van der Waals surface area contributed by atoms with E-state index in [0.29, 0.717) is 13.1 Å². The van der Waals surface area contributed by atoms with Crippen LogP contribution in [-0.2, 0) is 9.59 Å². The third-order valence-electron chi connectivity index (χ3n) is 3.67. The summed E-state index contributed by atoms with van der Waals surface area (Å²) in [7, 11) is 0. The largest absolute Gasteiger partial charge is 0.353 e. The van der Waals surface area contributed by atoms with E-state index in [1.54, 1.807) is 0 Å². The Labute approximate surface area is 102 Å². The lowest BCUT2D eigenvalue weighted by Crippen LogP contribution is -2.56. The van der Waals surface area contributed by atoms with Gasteiger partial charge in [-0.3, -0.25) is 14.5 Å². The van der Waals surface area contributed by atoms with Crippen LogP contribution in [0.5, 0.6) is 0 Å². The zero-order chi connectivity index (χ0) is 12.3. The molecule has 2 heterocycles. The number of piperazine rings is 1. The number of nitrogens with one attached hydrogen (secondary N) is 1. The minimum atomic E-state index is -0.183. The number of nitrogens with zero attached hydrogens (tertiary/aromatic N) is 2. The molecule has 2 amide bonds. The molecule has 0 unspecified atom stereocenters. The van der Waals surface area contributed by atoms with Crippen molar-refractivity contribution < 1.29 is 9.59 Å².